The van der Waals surface area contributed by atoms with Crippen molar-refractivity contribution >= 4 is 45.1 Å². The number of rotatable bonds is 4. The van der Waals surface area contributed by atoms with Crippen LogP contribution in [0.4, 0.5) is 0 Å². The van der Waals surface area contributed by atoms with Gasteiger partial charge in [0.2, 0.25) is 11.8 Å². The van der Waals surface area contributed by atoms with E-state index >= 15 is 0 Å². The molecule has 8 heteroatoms. The summed E-state index contributed by atoms with van der Waals surface area (Å²) in [5.74, 6) is -0.197. The number of amides is 2. The zero-order chi connectivity index (χ0) is 15.5. The number of nitrogens with two attached hydrogens (primary N) is 1. The number of primary amides is 1. The molecule has 1 atom stereocenters. The molecule has 2 aromatic heterocycles. The van der Waals surface area contributed by atoms with Crippen molar-refractivity contribution in [2.45, 2.75) is 17.9 Å². The van der Waals surface area contributed by atoms with Gasteiger partial charge in [0.05, 0.1) is 11.7 Å². The third-order valence-electron chi connectivity index (χ3n) is 3.73. The minimum atomic E-state index is -0.319. The zero-order valence-electron chi connectivity index (χ0n) is 11.9. The van der Waals surface area contributed by atoms with Crippen molar-refractivity contribution in [3.8, 4) is 0 Å². The van der Waals surface area contributed by atoms with E-state index in [4.69, 9.17) is 5.73 Å². The largest absolute Gasteiger partial charge is 0.369 e. The van der Waals surface area contributed by atoms with Gasteiger partial charge in [-0.05, 0) is 24.3 Å². The van der Waals surface area contributed by atoms with Crippen LogP contribution in [0.2, 0.25) is 0 Å². The lowest BCUT2D eigenvalue weighted by Gasteiger charge is -2.31. The van der Waals surface area contributed by atoms with Gasteiger partial charge in [-0.25, -0.2) is 9.97 Å². The minimum absolute atomic E-state index is 0.0259. The first kappa shape index (κ1) is 15.2. The number of fused-ring (bicyclic) bond motifs is 1. The predicted octanol–water partition coefficient (Wildman–Crippen LogP) is 1.51. The molecule has 116 valence electrons. The third kappa shape index (κ3) is 3.22. The van der Waals surface area contributed by atoms with Gasteiger partial charge in [-0.2, -0.15) is 0 Å². The summed E-state index contributed by atoms with van der Waals surface area (Å²) >= 11 is 2.97. The van der Waals surface area contributed by atoms with Gasteiger partial charge < -0.3 is 10.6 Å². The lowest BCUT2D eigenvalue weighted by molar-refractivity contribution is -0.132. The monoisotopic (exact) mass is 336 g/mol. The quantitative estimate of drug-likeness (QED) is 0.675. The van der Waals surface area contributed by atoms with E-state index < -0.39 is 0 Å². The number of aromatic nitrogens is 2. The van der Waals surface area contributed by atoms with Gasteiger partial charge in [0.15, 0.2) is 0 Å². The molecule has 0 saturated carbocycles. The van der Waals surface area contributed by atoms with Crippen LogP contribution >= 0.6 is 23.1 Å². The van der Waals surface area contributed by atoms with Crippen LogP contribution in [-0.2, 0) is 9.59 Å². The predicted molar refractivity (Wildman–Crippen MR) is 86.6 cm³/mol. The molecule has 0 radical (unpaired) electrons. The van der Waals surface area contributed by atoms with Gasteiger partial charge in [0.1, 0.15) is 16.2 Å². The van der Waals surface area contributed by atoms with Crippen LogP contribution in [0.25, 0.3) is 10.2 Å². The number of thiophene rings is 1. The van der Waals surface area contributed by atoms with Crippen LogP contribution < -0.4 is 5.73 Å². The van der Waals surface area contributed by atoms with Crippen LogP contribution in [0.15, 0.2) is 22.8 Å². The second kappa shape index (κ2) is 6.62. The summed E-state index contributed by atoms with van der Waals surface area (Å²) in [6.07, 6.45) is 3.12. The Kier molecular flexibility index (Phi) is 4.58. The summed E-state index contributed by atoms with van der Waals surface area (Å²) in [6.45, 7) is 1.13. The molecule has 1 fully saturated rings. The van der Waals surface area contributed by atoms with Gasteiger partial charge in [0.25, 0.3) is 0 Å². The van der Waals surface area contributed by atoms with Gasteiger partial charge in [-0.1, -0.05) is 11.8 Å². The molecule has 2 aromatic rings. The SMILES string of the molecule is NC(=O)[C@@H]1CCCN(C(=O)CSc2ncnc3sccc23)C1. The molecular weight excluding hydrogens is 320 g/mol. The number of likely N-dealkylation sites (tertiary alicyclic amines) is 1. The van der Waals surface area contributed by atoms with E-state index in [1.165, 1.54) is 18.1 Å². The maximum atomic E-state index is 12.3. The Labute approximate surface area is 136 Å². The standard InChI is InChI=1S/C14H16N4O2S2/c15-12(20)9-2-1-4-18(6-9)11(19)7-22-14-10-3-5-21-13(10)16-8-17-14/h3,5,8-9H,1-2,4,6-7H2,(H2,15,20)/t9-/m1/s1. The van der Waals surface area contributed by atoms with E-state index in [1.807, 2.05) is 11.4 Å². The molecule has 0 bridgehead atoms. The Morgan fingerprint density at radius 3 is 3.14 bits per heavy atom. The number of nitrogens with zero attached hydrogens (tertiary/aromatic N) is 3. The molecule has 1 saturated heterocycles. The van der Waals surface area contributed by atoms with Crippen molar-refractivity contribution in [1.82, 2.24) is 14.9 Å². The summed E-state index contributed by atoms with van der Waals surface area (Å²) in [5, 5.41) is 3.77. The first-order valence-corrected chi connectivity index (χ1v) is 8.90. The maximum absolute atomic E-state index is 12.3. The molecule has 3 heterocycles. The normalized spacial score (nSPS) is 18.5. The van der Waals surface area contributed by atoms with E-state index in [0.29, 0.717) is 18.8 Å². The average Bonchev–Trinajstić information content (AvgIpc) is 3.01. The highest BCUT2D eigenvalue weighted by Gasteiger charge is 2.26. The fourth-order valence-electron chi connectivity index (χ4n) is 2.54. The highest BCUT2D eigenvalue weighted by atomic mass is 32.2. The number of piperidine rings is 1. The molecule has 0 spiro atoms. The van der Waals surface area contributed by atoms with Crippen LogP contribution in [0.1, 0.15) is 12.8 Å². The van der Waals surface area contributed by atoms with E-state index in [1.54, 1.807) is 16.2 Å². The molecule has 22 heavy (non-hydrogen) atoms. The number of carbonyl (C=O) groups is 2. The Morgan fingerprint density at radius 2 is 2.32 bits per heavy atom. The van der Waals surface area contributed by atoms with Gasteiger partial charge >= 0.3 is 0 Å². The van der Waals surface area contributed by atoms with E-state index in [0.717, 1.165) is 28.1 Å². The zero-order valence-corrected chi connectivity index (χ0v) is 13.5. The molecule has 1 aliphatic rings. The fourth-order valence-corrected chi connectivity index (χ4v) is 4.22. The summed E-state index contributed by atoms with van der Waals surface area (Å²) in [4.78, 5) is 34.7. The lowest BCUT2D eigenvalue weighted by atomic mass is 9.97. The summed E-state index contributed by atoms with van der Waals surface area (Å²) < 4.78 is 0. The molecular formula is C14H16N4O2S2. The van der Waals surface area contributed by atoms with Crippen molar-refractivity contribution in [3.63, 3.8) is 0 Å². The van der Waals surface area contributed by atoms with Crippen LogP contribution in [0, 0.1) is 5.92 Å². The fraction of sp³-hybridized carbons (Fsp3) is 0.429. The van der Waals surface area contributed by atoms with Gasteiger partial charge in [0, 0.05) is 18.5 Å². The Morgan fingerprint density at radius 1 is 1.45 bits per heavy atom. The molecule has 2 amide bonds. The minimum Gasteiger partial charge on any atom is -0.369 e. The highest BCUT2D eigenvalue weighted by Crippen LogP contribution is 2.28. The summed E-state index contributed by atoms with van der Waals surface area (Å²) in [6, 6.07) is 1.97. The van der Waals surface area contributed by atoms with Gasteiger partial charge in [-0.3, -0.25) is 9.59 Å². The lowest BCUT2D eigenvalue weighted by Crippen LogP contribution is -2.44. The molecule has 2 N–H and O–H groups in total. The maximum Gasteiger partial charge on any atom is 0.233 e. The van der Waals surface area contributed by atoms with E-state index in [2.05, 4.69) is 9.97 Å². The highest BCUT2D eigenvalue weighted by molar-refractivity contribution is 8.00. The smallest absolute Gasteiger partial charge is 0.233 e. The average molecular weight is 336 g/mol. The number of hydrogen-bond donors (Lipinski definition) is 1. The van der Waals surface area contributed by atoms with Crippen molar-refractivity contribution in [3.05, 3.63) is 17.8 Å². The first-order valence-electron chi connectivity index (χ1n) is 7.03. The second-order valence-electron chi connectivity index (χ2n) is 5.19. The topological polar surface area (TPSA) is 89.2 Å². The molecule has 0 aromatic carbocycles. The van der Waals surface area contributed by atoms with E-state index in [9.17, 15) is 9.59 Å². The first-order chi connectivity index (χ1) is 10.6. The number of hydrogen-bond acceptors (Lipinski definition) is 6. The van der Waals surface area contributed by atoms with Crippen molar-refractivity contribution < 1.29 is 9.59 Å². The Bertz CT molecular complexity index is 703. The van der Waals surface area contributed by atoms with Crippen LogP contribution in [0.5, 0.6) is 0 Å². The molecule has 0 aliphatic carbocycles. The molecule has 6 nitrogen and oxygen atoms in total. The number of thioether (sulfide) groups is 1. The van der Waals surface area contributed by atoms with Crippen molar-refractivity contribution in [2.75, 3.05) is 18.8 Å². The third-order valence-corrected chi connectivity index (χ3v) is 5.54. The Balaban J connectivity index is 1.62. The number of carbonyl (C=O) groups excluding carboxylic acids is 2. The molecule has 0 unspecified atom stereocenters. The second-order valence-corrected chi connectivity index (χ2v) is 7.05. The van der Waals surface area contributed by atoms with Crippen LogP contribution in [0.3, 0.4) is 0 Å². The summed E-state index contributed by atoms with van der Waals surface area (Å²) in [7, 11) is 0. The molecule has 1 aliphatic heterocycles. The van der Waals surface area contributed by atoms with Crippen molar-refractivity contribution in [2.24, 2.45) is 11.7 Å². The molecule has 3 rings (SSSR count). The van der Waals surface area contributed by atoms with Gasteiger partial charge in [-0.15, -0.1) is 11.3 Å². The van der Waals surface area contributed by atoms with Crippen LogP contribution in [-0.4, -0.2) is 45.5 Å². The Hall–Kier alpha value is -1.67. The van der Waals surface area contributed by atoms with E-state index in [-0.39, 0.29) is 17.7 Å². The van der Waals surface area contributed by atoms with Crippen molar-refractivity contribution in [1.29, 1.82) is 0 Å². The summed E-state index contributed by atoms with van der Waals surface area (Å²) in [5.41, 5.74) is 5.35.